The molecule has 3 rings (SSSR count). The summed E-state index contributed by atoms with van der Waals surface area (Å²) in [6, 6.07) is 8.76. The maximum atomic E-state index is 10.6. The van der Waals surface area contributed by atoms with Crippen LogP contribution in [0.1, 0.15) is 64.2 Å². The van der Waals surface area contributed by atoms with Gasteiger partial charge in [0.05, 0.1) is 5.02 Å². The van der Waals surface area contributed by atoms with E-state index < -0.39 is 6.10 Å². The van der Waals surface area contributed by atoms with E-state index in [0.29, 0.717) is 29.5 Å². The largest absolute Gasteiger partial charge is 0.489 e. The highest BCUT2D eigenvalue weighted by atomic mass is 35.5. The molecule has 5 heteroatoms. The van der Waals surface area contributed by atoms with Crippen molar-refractivity contribution in [3.05, 3.63) is 29.3 Å². The molecular weight excluding hydrogens is 369 g/mol. The zero-order valence-corrected chi connectivity index (χ0v) is 17.2. The molecule has 1 aromatic rings. The van der Waals surface area contributed by atoms with Crippen LogP contribution in [0.15, 0.2) is 24.3 Å². The molecule has 0 saturated heterocycles. The Bertz CT molecular complexity index is 498. The number of aliphatic hydroxyl groups excluding tert-OH is 1. The standard InChI is InChI=1S/C21H32ClNO2.ClH/c22-20-13-7-8-14-21(20)25-16-19(24)15-23(17-9-3-1-4-10-17)18-11-5-2-6-12-18;/h7-8,13-14,17-19,24H,1-6,9-12,15-16H2;1H. The average Bonchev–Trinajstić information content (AvgIpc) is 2.67. The van der Waals surface area contributed by atoms with Crippen molar-refractivity contribution in [2.24, 2.45) is 0 Å². The van der Waals surface area contributed by atoms with Gasteiger partial charge in [-0.2, -0.15) is 0 Å². The molecule has 2 aliphatic carbocycles. The molecule has 0 heterocycles. The Labute approximate surface area is 169 Å². The van der Waals surface area contributed by atoms with Crippen molar-refractivity contribution in [2.75, 3.05) is 13.2 Å². The molecule has 1 N–H and O–H groups in total. The smallest absolute Gasteiger partial charge is 0.138 e. The van der Waals surface area contributed by atoms with Crippen molar-refractivity contribution in [3.8, 4) is 5.75 Å². The molecule has 148 valence electrons. The number of ether oxygens (including phenoxy) is 1. The molecule has 1 atom stereocenters. The van der Waals surface area contributed by atoms with E-state index in [2.05, 4.69) is 4.90 Å². The molecule has 0 spiro atoms. The Morgan fingerprint density at radius 2 is 1.50 bits per heavy atom. The molecule has 3 nitrogen and oxygen atoms in total. The molecule has 0 radical (unpaired) electrons. The lowest BCUT2D eigenvalue weighted by Crippen LogP contribution is -2.49. The fraction of sp³-hybridized carbons (Fsp3) is 0.714. The van der Waals surface area contributed by atoms with E-state index in [1.807, 2.05) is 24.3 Å². The van der Waals surface area contributed by atoms with Gasteiger partial charge in [0.25, 0.3) is 0 Å². The van der Waals surface area contributed by atoms with Crippen molar-refractivity contribution in [2.45, 2.75) is 82.4 Å². The van der Waals surface area contributed by atoms with E-state index in [1.165, 1.54) is 64.2 Å². The molecule has 0 aromatic heterocycles. The van der Waals surface area contributed by atoms with E-state index in [4.69, 9.17) is 16.3 Å². The molecule has 26 heavy (non-hydrogen) atoms. The van der Waals surface area contributed by atoms with Crippen molar-refractivity contribution in [1.82, 2.24) is 4.90 Å². The molecule has 2 fully saturated rings. The SMILES string of the molecule is Cl.OC(COc1ccccc1Cl)CN(C1CCCCC1)C1CCCCC1. The second kappa shape index (κ2) is 11.4. The van der Waals surface area contributed by atoms with Crippen LogP contribution in [0.2, 0.25) is 5.02 Å². The third-order valence-corrected chi connectivity index (χ3v) is 6.09. The van der Waals surface area contributed by atoms with Crippen LogP contribution >= 0.6 is 24.0 Å². The number of hydrogen-bond acceptors (Lipinski definition) is 3. The van der Waals surface area contributed by atoms with Gasteiger partial charge in [-0.05, 0) is 37.8 Å². The monoisotopic (exact) mass is 401 g/mol. The maximum Gasteiger partial charge on any atom is 0.138 e. The Hall–Kier alpha value is -0.480. The lowest BCUT2D eigenvalue weighted by Gasteiger charge is -2.42. The molecule has 2 saturated carbocycles. The lowest BCUT2D eigenvalue weighted by atomic mass is 9.88. The molecule has 2 aliphatic rings. The molecule has 1 aromatic carbocycles. The van der Waals surface area contributed by atoms with Crippen LogP contribution in [0.25, 0.3) is 0 Å². The second-order valence-corrected chi connectivity index (χ2v) is 8.08. The summed E-state index contributed by atoms with van der Waals surface area (Å²) in [4.78, 5) is 2.62. The van der Waals surface area contributed by atoms with Crippen molar-refractivity contribution < 1.29 is 9.84 Å². The van der Waals surface area contributed by atoms with E-state index in [-0.39, 0.29) is 12.4 Å². The van der Waals surface area contributed by atoms with Crippen molar-refractivity contribution in [3.63, 3.8) is 0 Å². The topological polar surface area (TPSA) is 32.7 Å². The first-order chi connectivity index (χ1) is 12.2. The predicted molar refractivity (Wildman–Crippen MR) is 111 cm³/mol. The van der Waals surface area contributed by atoms with Gasteiger partial charge < -0.3 is 9.84 Å². The molecule has 0 amide bonds. The van der Waals surface area contributed by atoms with Crippen LogP contribution in [0, 0.1) is 0 Å². The number of benzene rings is 1. The normalized spacial score (nSPS) is 20.6. The second-order valence-electron chi connectivity index (χ2n) is 7.68. The van der Waals surface area contributed by atoms with E-state index in [0.717, 1.165) is 6.54 Å². The Morgan fingerprint density at radius 3 is 2.04 bits per heavy atom. The Balaban J connectivity index is 0.00000243. The van der Waals surface area contributed by atoms with Gasteiger partial charge in [-0.3, -0.25) is 4.90 Å². The van der Waals surface area contributed by atoms with Crippen LogP contribution in [0.3, 0.4) is 0 Å². The van der Waals surface area contributed by atoms with Crippen LogP contribution in [-0.2, 0) is 0 Å². The number of rotatable bonds is 7. The molecular formula is C21H33Cl2NO2. The summed E-state index contributed by atoms with van der Waals surface area (Å²) in [5.74, 6) is 0.657. The van der Waals surface area contributed by atoms with E-state index in [9.17, 15) is 5.11 Å². The summed E-state index contributed by atoms with van der Waals surface area (Å²) in [5, 5.41) is 11.2. The quantitative estimate of drug-likeness (QED) is 0.657. The zero-order chi connectivity index (χ0) is 17.5. The fourth-order valence-corrected chi connectivity index (χ4v) is 4.66. The van der Waals surface area contributed by atoms with E-state index >= 15 is 0 Å². The number of halogens is 2. The first-order valence-corrected chi connectivity index (χ1v) is 10.4. The predicted octanol–water partition coefficient (Wildman–Crippen LogP) is 5.47. The fourth-order valence-electron chi connectivity index (χ4n) is 4.47. The lowest BCUT2D eigenvalue weighted by molar-refractivity contribution is 0.0118. The first-order valence-electron chi connectivity index (χ1n) is 10.0. The van der Waals surface area contributed by atoms with Crippen LogP contribution in [-0.4, -0.2) is 41.3 Å². The van der Waals surface area contributed by atoms with E-state index in [1.54, 1.807) is 0 Å². The third kappa shape index (κ3) is 6.30. The van der Waals surface area contributed by atoms with Gasteiger partial charge in [-0.25, -0.2) is 0 Å². The van der Waals surface area contributed by atoms with Gasteiger partial charge in [0.15, 0.2) is 0 Å². The Kier molecular flexibility index (Phi) is 9.55. The minimum absolute atomic E-state index is 0. The summed E-state index contributed by atoms with van der Waals surface area (Å²) < 4.78 is 5.77. The van der Waals surface area contributed by atoms with Gasteiger partial charge in [-0.1, -0.05) is 62.3 Å². The maximum absolute atomic E-state index is 10.6. The van der Waals surface area contributed by atoms with Crippen molar-refractivity contribution in [1.29, 1.82) is 0 Å². The minimum Gasteiger partial charge on any atom is -0.489 e. The number of para-hydroxylation sites is 1. The number of hydrogen-bond donors (Lipinski definition) is 1. The van der Waals surface area contributed by atoms with Crippen LogP contribution < -0.4 is 4.74 Å². The van der Waals surface area contributed by atoms with Gasteiger partial charge in [-0.15, -0.1) is 12.4 Å². The van der Waals surface area contributed by atoms with Crippen LogP contribution in [0.4, 0.5) is 0 Å². The molecule has 1 unspecified atom stereocenters. The summed E-state index contributed by atoms with van der Waals surface area (Å²) in [6.07, 6.45) is 12.7. The highest BCUT2D eigenvalue weighted by Crippen LogP contribution is 2.30. The summed E-state index contributed by atoms with van der Waals surface area (Å²) in [5.41, 5.74) is 0. The number of nitrogens with zero attached hydrogens (tertiary/aromatic N) is 1. The first kappa shape index (κ1) is 21.8. The van der Waals surface area contributed by atoms with Gasteiger partial charge in [0.1, 0.15) is 18.5 Å². The molecule has 0 bridgehead atoms. The minimum atomic E-state index is -0.472. The highest BCUT2D eigenvalue weighted by molar-refractivity contribution is 6.32. The van der Waals surface area contributed by atoms with Gasteiger partial charge >= 0.3 is 0 Å². The summed E-state index contributed by atoms with van der Waals surface area (Å²) in [6.45, 7) is 1.03. The van der Waals surface area contributed by atoms with Gasteiger partial charge in [0.2, 0.25) is 0 Å². The van der Waals surface area contributed by atoms with Crippen molar-refractivity contribution >= 4 is 24.0 Å². The highest BCUT2D eigenvalue weighted by Gasteiger charge is 2.30. The Morgan fingerprint density at radius 1 is 0.962 bits per heavy atom. The summed E-state index contributed by atoms with van der Waals surface area (Å²) in [7, 11) is 0. The van der Waals surface area contributed by atoms with Crippen LogP contribution in [0.5, 0.6) is 5.75 Å². The zero-order valence-electron chi connectivity index (χ0n) is 15.6. The number of aliphatic hydroxyl groups is 1. The third-order valence-electron chi connectivity index (χ3n) is 5.78. The average molecular weight is 402 g/mol. The summed E-state index contributed by atoms with van der Waals surface area (Å²) >= 11 is 6.14. The van der Waals surface area contributed by atoms with Gasteiger partial charge in [0, 0.05) is 18.6 Å². The molecule has 0 aliphatic heterocycles.